The molecule has 2 aromatic carbocycles. The maximum Gasteiger partial charge on any atom is 0.115 e. The van der Waals surface area contributed by atoms with E-state index < -0.39 is 0 Å². The highest BCUT2D eigenvalue weighted by atomic mass is 35.5. The second kappa shape index (κ2) is 5.19. The van der Waals surface area contributed by atoms with Crippen LogP contribution in [0.2, 0.25) is 5.02 Å². The topological polar surface area (TPSA) is 17.8 Å². The molecule has 0 saturated heterocycles. The molecule has 0 aliphatic carbocycles. The number of fused-ring (bicyclic) bond motifs is 1. The van der Waals surface area contributed by atoms with Gasteiger partial charge in [0.15, 0.2) is 0 Å². The van der Waals surface area contributed by atoms with Crippen molar-refractivity contribution in [2.45, 2.75) is 32.7 Å². The Labute approximate surface area is 130 Å². The van der Waals surface area contributed by atoms with Crippen LogP contribution in [0.5, 0.6) is 0 Å². The molecule has 21 heavy (non-hydrogen) atoms. The standard InChI is InChI=1S/C18H19ClN2/c1-18(2,3)17-20-15-11-14(19)9-10-16(15)21(17)12-13-7-5-4-6-8-13/h4-11H,12H2,1-3H3. The smallest absolute Gasteiger partial charge is 0.115 e. The van der Waals surface area contributed by atoms with Gasteiger partial charge in [-0.3, -0.25) is 0 Å². The van der Waals surface area contributed by atoms with Gasteiger partial charge in [-0.05, 0) is 23.8 Å². The lowest BCUT2D eigenvalue weighted by atomic mass is 9.95. The molecule has 1 aromatic heterocycles. The predicted molar refractivity (Wildman–Crippen MR) is 89.0 cm³/mol. The Kier molecular flexibility index (Phi) is 3.50. The Hall–Kier alpha value is -1.80. The number of halogens is 1. The molecule has 0 aliphatic rings. The molecule has 0 saturated carbocycles. The van der Waals surface area contributed by atoms with Crippen molar-refractivity contribution in [2.24, 2.45) is 0 Å². The third kappa shape index (κ3) is 2.81. The first-order valence-corrected chi connectivity index (χ1v) is 7.53. The fourth-order valence-electron chi connectivity index (χ4n) is 2.60. The van der Waals surface area contributed by atoms with Crippen LogP contribution >= 0.6 is 11.6 Å². The SMILES string of the molecule is CC(C)(C)c1nc2cc(Cl)ccc2n1Cc1ccccc1. The van der Waals surface area contributed by atoms with Crippen LogP contribution in [0.4, 0.5) is 0 Å². The van der Waals surface area contributed by atoms with Crippen molar-refractivity contribution >= 4 is 22.6 Å². The van der Waals surface area contributed by atoms with Gasteiger partial charge in [-0.1, -0.05) is 62.7 Å². The number of nitrogens with zero attached hydrogens (tertiary/aromatic N) is 2. The van der Waals surface area contributed by atoms with E-state index in [1.807, 2.05) is 18.2 Å². The number of benzene rings is 2. The highest BCUT2D eigenvalue weighted by Crippen LogP contribution is 2.28. The van der Waals surface area contributed by atoms with Crippen LogP contribution in [0, 0.1) is 0 Å². The predicted octanol–water partition coefficient (Wildman–Crippen LogP) is 5.04. The molecule has 3 rings (SSSR count). The summed E-state index contributed by atoms with van der Waals surface area (Å²) in [6.45, 7) is 7.40. The van der Waals surface area contributed by atoms with Crippen molar-refractivity contribution in [3.8, 4) is 0 Å². The van der Waals surface area contributed by atoms with E-state index in [4.69, 9.17) is 16.6 Å². The maximum absolute atomic E-state index is 6.11. The van der Waals surface area contributed by atoms with Gasteiger partial charge in [-0.2, -0.15) is 0 Å². The molecule has 0 bridgehead atoms. The maximum atomic E-state index is 6.11. The molecule has 0 N–H and O–H groups in total. The monoisotopic (exact) mass is 298 g/mol. The number of imidazole rings is 1. The Morgan fingerprint density at radius 2 is 1.76 bits per heavy atom. The summed E-state index contributed by atoms with van der Waals surface area (Å²) in [5, 5.41) is 0.729. The molecular weight excluding hydrogens is 280 g/mol. The number of rotatable bonds is 2. The number of hydrogen-bond acceptors (Lipinski definition) is 1. The first kappa shape index (κ1) is 14.2. The summed E-state index contributed by atoms with van der Waals surface area (Å²) in [6, 6.07) is 16.4. The second-order valence-corrected chi connectivity index (χ2v) is 6.83. The fourth-order valence-corrected chi connectivity index (χ4v) is 2.77. The van der Waals surface area contributed by atoms with Crippen LogP contribution in [0.1, 0.15) is 32.2 Å². The largest absolute Gasteiger partial charge is 0.323 e. The zero-order valence-electron chi connectivity index (χ0n) is 12.6. The third-order valence-electron chi connectivity index (χ3n) is 3.56. The normalized spacial score (nSPS) is 12.0. The highest BCUT2D eigenvalue weighted by molar-refractivity contribution is 6.31. The molecular formula is C18H19ClN2. The summed E-state index contributed by atoms with van der Waals surface area (Å²) in [5.74, 6) is 1.09. The molecule has 0 radical (unpaired) electrons. The number of hydrogen-bond donors (Lipinski definition) is 0. The van der Waals surface area contributed by atoms with Crippen molar-refractivity contribution in [1.82, 2.24) is 9.55 Å². The van der Waals surface area contributed by atoms with Crippen molar-refractivity contribution in [1.29, 1.82) is 0 Å². The average Bonchev–Trinajstić information content (AvgIpc) is 2.78. The summed E-state index contributed by atoms with van der Waals surface area (Å²) >= 11 is 6.11. The average molecular weight is 299 g/mol. The van der Waals surface area contributed by atoms with Gasteiger partial charge in [0.25, 0.3) is 0 Å². The first-order valence-electron chi connectivity index (χ1n) is 7.15. The van der Waals surface area contributed by atoms with Crippen molar-refractivity contribution in [3.05, 3.63) is 64.9 Å². The molecule has 2 nitrogen and oxygen atoms in total. The molecule has 108 valence electrons. The summed E-state index contributed by atoms with van der Waals surface area (Å²) in [6.07, 6.45) is 0. The molecule has 0 spiro atoms. The van der Waals surface area contributed by atoms with Crippen LogP contribution in [-0.2, 0) is 12.0 Å². The van der Waals surface area contributed by atoms with E-state index in [0.29, 0.717) is 0 Å². The van der Waals surface area contributed by atoms with Gasteiger partial charge in [-0.15, -0.1) is 0 Å². The zero-order chi connectivity index (χ0) is 15.0. The highest BCUT2D eigenvalue weighted by Gasteiger charge is 2.23. The Bertz CT molecular complexity index is 767. The summed E-state index contributed by atoms with van der Waals surface area (Å²) in [5.41, 5.74) is 3.36. The van der Waals surface area contributed by atoms with Crippen molar-refractivity contribution in [2.75, 3.05) is 0 Å². The summed E-state index contributed by atoms with van der Waals surface area (Å²) < 4.78 is 2.29. The molecule has 0 unspecified atom stereocenters. The van der Waals surface area contributed by atoms with Crippen molar-refractivity contribution < 1.29 is 0 Å². The Balaban J connectivity index is 2.18. The molecule has 0 atom stereocenters. The molecule has 0 amide bonds. The first-order chi connectivity index (χ1) is 9.95. The minimum Gasteiger partial charge on any atom is -0.323 e. The molecule has 3 heteroatoms. The van der Waals surface area contributed by atoms with Gasteiger partial charge in [0.05, 0.1) is 11.0 Å². The van der Waals surface area contributed by atoms with Crippen LogP contribution in [0.15, 0.2) is 48.5 Å². The molecule has 3 aromatic rings. The van der Waals surface area contributed by atoms with Gasteiger partial charge in [0, 0.05) is 17.0 Å². The minimum atomic E-state index is -0.0136. The Morgan fingerprint density at radius 3 is 2.43 bits per heavy atom. The lowest BCUT2D eigenvalue weighted by Crippen LogP contribution is -2.19. The molecule has 1 heterocycles. The van der Waals surface area contributed by atoms with Crippen molar-refractivity contribution in [3.63, 3.8) is 0 Å². The van der Waals surface area contributed by atoms with Gasteiger partial charge >= 0.3 is 0 Å². The van der Waals surface area contributed by atoms with E-state index in [0.717, 1.165) is 28.4 Å². The minimum absolute atomic E-state index is 0.0136. The Morgan fingerprint density at radius 1 is 1.05 bits per heavy atom. The van der Waals surface area contributed by atoms with Crippen LogP contribution < -0.4 is 0 Å². The second-order valence-electron chi connectivity index (χ2n) is 6.39. The van der Waals surface area contributed by atoms with E-state index >= 15 is 0 Å². The van der Waals surface area contributed by atoms with E-state index in [1.165, 1.54) is 5.56 Å². The van der Waals surface area contributed by atoms with Gasteiger partial charge < -0.3 is 4.57 Å². The van der Waals surface area contributed by atoms with Crippen LogP contribution in [0.3, 0.4) is 0 Å². The van der Waals surface area contributed by atoms with E-state index in [9.17, 15) is 0 Å². The van der Waals surface area contributed by atoms with Crippen LogP contribution in [-0.4, -0.2) is 9.55 Å². The summed E-state index contributed by atoms with van der Waals surface area (Å²) in [4.78, 5) is 4.82. The summed E-state index contributed by atoms with van der Waals surface area (Å²) in [7, 11) is 0. The molecule has 0 fully saturated rings. The van der Waals surface area contributed by atoms with Gasteiger partial charge in [0.1, 0.15) is 5.82 Å². The van der Waals surface area contributed by atoms with E-state index in [2.05, 4.69) is 55.7 Å². The zero-order valence-corrected chi connectivity index (χ0v) is 13.4. The van der Waals surface area contributed by atoms with Gasteiger partial charge in [0.2, 0.25) is 0 Å². The third-order valence-corrected chi connectivity index (χ3v) is 3.80. The lowest BCUT2D eigenvalue weighted by Gasteiger charge is -2.20. The van der Waals surface area contributed by atoms with E-state index in [-0.39, 0.29) is 5.41 Å². The van der Waals surface area contributed by atoms with Gasteiger partial charge in [-0.25, -0.2) is 4.98 Å². The molecule has 0 aliphatic heterocycles. The quantitative estimate of drug-likeness (QED) is 0.648. The number of aromatic nitrogens is 2. The van der Waals surface area contributed by atoms with E-state index in [1.54, 1.807) is 0 Å². The fraction of sp³-hybridized carbons (Fsp3) is 0.278. The lowest BCUT2D eigenvalue weighted by molar-refractivity contribution is 0.516. The van der Waals surface area contributed by atoms with Crippen LogP contribution in [0.25, 0.3) is 11.0 Å².